The third-order valence-corrected chi connectivity index (χ3v) is 6.45. The molecule has 0 spiro atoms. The number of allylic oxidation sites excluding steroid dienone is 1. The van der Waals surface area contributed by atoms with Crippen molar-refractivity contribution >= 4 is 11.8 Å². The van der Waals surface area contributed by atoms with Crippen LogP contribution in [0.25, 0.3) is 6.08 Å². The molecule has 1 aliphatic heterocycles. The first-order valence-corrected chi connectivity index (χ1v) is 10.9. The molecule has 0 aromatic heterocycles. The van der Waals surface area contributed by atoms with Gasteiger partial charge >= 0.3 is 0 Å². The molecule has 152 valence electrons. The van der Waals surface area contributed by atoms with E-state index < -0.39 is 0 Å². The summed E-state index contributed by atoms with van der Waals surface area (Å²) < 4.78 is 0. The monoisotopic (exact) mass is 388 g/mol. The summed E-state index contributed by atoms with van der Waals surface area (Å²) in [5.74, 6) is 0.627. The maximum Gasteiger partial charge on any atom is 0.139 e. The predicted molar refractivity (Wildman–Crippen MR) is 123 cm³/mol. The number of fused-ring (bicyclic) bond motifs is 2. The number of hydrogen-bond donors (Lipinski definition) is 3. The number of aromatic hydroxyl groups is 1. The van der Waals surface area contributed by atoms with Crippen LogP contribution in [0.2, 0.25) is 0 Å². The molecule has 0 saturated carbocycles. The largest absolute Gasteiger partial charge is 0.506 e. The Kier molecular flexibility index (Phi) is 5.51. The standard InChI is InChI=1S/C26H32N2O/c1-5-18-11-20-13-22(14-21(20)12-19(18)6-2)27-15-16(3)23-9-10-25(29)26-24(23)8-7-17(4)28-26/h7-12,16,22,27-29H,4-6,13-15H2,1-3H3/t16-/m0/s1. The van der Waals surface area contributed by atoms with Crippen LogP contribution in [0.5, 0.6) is 5.75 Å². The number of benzene rings is 2. The van der Waals surface area contributed by atoms with E-state index >= 15 is 0 Å². The van der Waals surface area contributed by atoms with E-state index in [9.17, 15) is 5.11 Å². The number of phenolic OH excluding ortho intramolecular Hbond substituents is 1. The van der Waals surface area contributed by atoms with Crippen LogP contribution in [-0.4, -0.2) is 17.7 Å². The molecule has 0 unspecified atom stereocenters. The molecule has 4 rings (SSSR count). The van der Waals surface area contributed by atoms with Gasteiger partial charge in [0.05, 0.1) is 5.69 Å². The molecule has 2 aromatic carbocycles. The molecular formula is C26H32N2O. The number of anilines is 1. The van der Waals surface area contributed by atoms with Crippen molar-refractivity contribution < 1.29 is 5.11 Å². The molecule has 0 fully saturated rings. The summed E-state index contributed by atoms with van der Waals surface area (Å²) in [6.07, 6.45) is 8.50. The molecular weight excluding hydrogens is 356 g/mol. The van der Waals surface area contributed by atoms with E-state index in [1.54, 1.807) is 6.07 Å². The Morgan fingerprint density at radius 1 is 1.10 bits per heavy atom. The van der Waals surface area contributed by atoms with Crippen LogP contribution in [0.1, 0.15) is 60.1 Å². The molecule has 1 atom stereocenters. The van der Waals surface area contributed by atoms with Gasteiger partial charge < -0.3 is 15.7 Å². The quantitative estimate of drug-likeness (QED) is 0.586. The summed E-state index contributed by atoms with van der Waals surface area (Å²) in [5, 5.41) is 17.2. The highest BCUT2D eigenvalue weighted by molar-refractivity contribution is 5.81. The Labute approximate surface area is 174 Å². The number of nitrogens with one attached hydrogen (secondary N) is 2. The minimum Gasteiger partial charge on any atom is -0.506 e. The van der Waals surface area contributed by atoms with Gasteiger partial charge in [-0.3, -0.25) is 0 Å². The van der Waals surface area contributed by atoms with Gasteiger partial charge in [0.1, 0.15) is 5.75 Å². The van der Waals surface area contributed by atoms with Crippen LogP contribution in [-0.2, 0) is 25.7 Å². The van der Waals surface area contributed by atoms with E-state index in [1.807, 2.05) is 12.1 Å². The fourth-order valence-corrected chi connectivity index (χ4v) is 4.78. The third-order valence-electron chi connectivity index (χ3n) is 6.45. The zero-order valence-electron chi connectivity index (χ0n) is 17.8. The second kappa shape index (κ2) is 8.08. The summed E-state index contributed by atoms with van der Waals surface area (Å²) in [6, 6.07) is 9.22. The summed E-state index contributed by atoms with van der Waals surface area (Å²) >= 11 is 0. The first-order valence-electron chi connectivity index (χ1n) is 10.9. The summed E-state index contributed by atoms with van der Waals surface area (Å²) in [6.45, 7) is 11.6. The molecule has 3 heteroatoms. The van der Waals surface area contributed by atoms with Gasteiger partial charge in [-0.05, 0) is 71.6 Å². The van der Waals surface area contributed by atoms with E-state index in [2.05, 4.69) is 56.2 Å². The third kappa shape index (κ3) is 3.84. The van der Waals surface area contributed by atoms with Gasteiger partial charge in [0.2, 0.25) is 0 Å². The lowest BCUT2D eigenvalue weighted by Gasteiger charge is -2.23. The average molecular weight is 389 g/mol. The van der Waals surface area contributed by atoms with Crippen LogP contribution in [0.4, 0.5) is 5.69 Å². The maximum atomic E-state index is 10.2. The Hall–Kier alpha value is -2.52. The lowest BCUT2D eigenvalue weighted by Crippen LogP contribution is -2.32. The van der Waals surface area contributed by atoms with E-state index in [4.69, 9.17) is 0 Å². The van der Waals surface area contributed by atoms with E-state index in [0.29, 0.717) is 12.0 Å². The van der Waals surface area contributed by atoms with Crippen LogP contribution in [0.3, 0.4) is 0 Å². The van der Waals surface area contributed by atoms with Crippen molar-refractivity contribution in [3.63, 3.8) is 0 Å². The van der Waals surface area contributed by atoms with Crippen molar-refractivity contribution in [1.29, 1.82) is 0 Å². The molecule has 1 heterocycles. The lowest BCUT2D eigenvalue weighted by molar-refractivity contribution is 0.476. The topological polar surface area (TPSA) is 44.3 Å². The molecule has 2 aromatic rings. The highest BCUT2D eigenvalue weighted by Crippen LogP contribution is 2.38. The van der Waals surface area contributed by atoms with Crippen LogP contribution in [0, 0.1) is 0 Å². The first kappa shape index (κ1) is 19.8. The van der Waals surface area contributed by atoms with Gasteiger partial charge in [-0.1, -0.05) is 51.6 Å². The Morgan fingerprint density at radius 3 is 2.38 bits per heavy atom. The smallest absolute Gasteiger partial charge is 0.139 e. The van der Waals surface area contributed by atoms with Gasteiger partial charge in [0.15, 0.2) is 0 Å². The van der Waals surface area contributed by atoms with Gasteiger partial charge in [-0.15, -0.1) is 0 Å². The van der Waals surface area contributed by atoms with Crippen molar-refractivity contribution in [2.45, 2.75) is 58.4 Å². The molecule has 0 amide bonds. The van der Waals surface area contributed by atoms with Crippen LogP contribution < -0.4 is 10.6 Å². The fourth-order valence-electron chi connectivity index (χ4n) is 4.78. The van der Waals surface area contributed by atoms with E-state index in [-0.39, 0.29) is 5.75 Å². The zero-order chi connectivity index (χ0) is 20.5. The van der Waals surface area contributed by atoms with Crippen molar-refractivity contribution in [3.8, 4) is 5.75 Å². The summed E-state index contributed by atoms with van der Waals surface area (Å²) in [5.41, 5.74) is 9.97. The zero-order valence-corrected chi connectivity index (χ0v) is 17.8. The molecule has 29 heavy (non-hydrogen) atoms. The molecule has 0 saturated heterocycles. The number of phenols is 1. The number of hydrogen-bond acceptors (Lipinski definition) is 3. The van der Waals surface area contributed by atoms with Crippen molar-refractivity contribution in [2.24, 2.45) is 0 Å². The van der Waals surface area contributed by atoms with Crippen LogP contribution >= 0.6 is 0 Å². The van der Waals surface area contributed by atoms with Crippen LogP contribution in [0.15, 0.2) is 42.6 Å². The molecule has 2 aliphatic rings. The SMILES string of the molecule is C=C1C=Cc2c([C@@H](C)CNC3Cc4cc(CC)c(CC)cc4C3)ccc(O)c2N1. The second-order valence-corrected chi connectivity index (χ2v) is 8.46. The van der Waals surface area contributed by atoms with Crippen molar-refractivity contribution in [3.05, 3.63) is 76.0 Å². The molecule has 0 radical (unpaired) electrons. The van der Waals surface area contributed by atoms with Crippen molar-refractivity contribution in [2.75, 3.05) is 11.9 Å². The Bertz CT molecular complexity index is 940. The Balaban J connectivity index is 1.45. The maximum absolute atomic E-state index is 10.2. The average Bonchev–Trinajstić information content (AvgIpc) is 3.13. The van der Waals surface area contributed by atoms with Gasteiger partial charge in [0.25, 0.3) is 0 Å². The number of rotatable bonds is 6. The summed E-state index contributed by atoms with van der Waals surface area (Å²) in [7, 11) is 0. The minimum atomic E-state index is 0.277. The molecule has 3 nitrogen and oxygen atoms in total. The molecule has 0 bridgehead atoms. The lowest BCUT2D eigenvalue weighted by atomic mass is 9.92. The van der Waals surface area contributed by atoms with E-state index in [1.165, 1.54) is 27.8 Å². The second-order valence-electron chi connectivity index (χ2n) is 8.46. The highest BCUT2D eigenvalue weighted by Gasteiger charge is 2.24. The number of aryl methyl sites for hydroxylation is 2. The highest BCUT2D eigenvalue weighted by atomic mass is 16.3. The van der Waals surface area contributed by atoms with Gasteiger partial charge in [0, 0.05) is 23.8 Å². The Morgan fingerprint density at radius 2 is 1.76 bits per heavy atom. The van der Waals surface area contributed by atoms with E-state index in [0.717, 1.165) is 49.2 Å². The first-order chi connectivity index (χ1) is 14.0. The predicted octanol–water partition coefficient (Wildman–Crippen LogP) is 5.33. The molecule has 3 N–H and O–H groups in total. The summed E-state index contributed by atoms with van der Waals surface area (Å²) in [4.78, 5) is 0. The minimum absolute atomic E-state index is 0.277. The fraction of sp³-hybridized carbons (Fsp3) is 0.385. The molecule has 1 aliphatic carbocycles. The van der Waals surface area contributed by atoms with Crippen molar-refractivity contribution in [1.82, 2.24) is 5.32 Å². The normalized spacial score (nSPS) is 16.4. The van der Waals surface area contributed by atoms with Gasteiger partial charge in [-0.25, -0.2) is 0 Å². The van der Waals surface area contributed by atoms with Gasteiger partial charge in [-0.2, -0.15) is 0 Å².